The second-order valence-corrected chi connectivity index (χ2v) is 8.06. The lowest BCUT2D eigenvalue weighted by molar-refractivity contribution is 0.588. The van der Waals surface area contributed by atoms with Crippen LogP contribution in [0.3, 0.4) is 0 Å². The Balaban J connectivity index is 2.29. The first-order valence-corrected chi connectivity index (χ1v) is 8.93. The average Bonchev–Trinajstić information content (AvgIpc) is 2.92. The summed E-state index contributed by atoms with van der Waals surface area (Å²) in [5.41, 5.74) is 1.23. The van der Waals surface area contributed by atoms with E-state index >= 15 is 0 Å². The number of hydrogen-bond donors (Lipinski definition) is 1. The first-order chi connectivity index (χ1) is 8.97. The van der Waals surface area contributed by atoms with Gasteiger partial charge in [0.25, 0.3) is 0 Å². The summed E-state index contributed by atoms with van der Waals surface area (Å²) in [6, 6.07) is 2.65. The van der Waals surface area contributed by atoms with Crippen LogP contribution in [0, 0.1) is 0 Å². The van der Waals surface area contributed by atoms with Crippen LogP contribution in [-0.2, 0) is 6.54 Å². The first-order valence-electron chi connectivity index (χ1n) is 6.44. The molecule has 2 aromatic heterocycles. The number of nitrogens with one attached hydrogen (secondary N) is 1. The van der Waals surface area contributed by atoms with Crippen molar-refractivity contribution in [2.24, 2.45) is 0 Å². The van der Waals surface area contributed by atoms with Gasteiger partial charge in [-0.15, -0.1) is 22.7 Å². The molecule has 1 N–H and O–H groups in total. The van der Waals surface area contributed by atoms with Crippen LogP contribution in [0.1, 0.15) is 44.2 Å². The van der Waals surface area contributed by atoms with E-state index in [2.05, 4.69) is 60.4 Å². The minimum atomic E-state index is 0.470. The van der Waals surface area contributed by atoms with E-state index in [9.17, 15) is 0 Å². The van der Waals surface area contributed by atoms with Crippen molar-refractivity contribution in [1.82, 2.24) is 10.3 Å². The Labute approximate surface area is 131 Å². The molecule has 0 spiro atoms. The van der Waals surface area contributed by atoms with E-state index < -0.39 is 0 Å². The molecule has 2 nitrogen and oxygen atoms in total. The summed E-state index contributed by atoms with van der Waals surface area (Å²) in [4.78, 5) is 7.45. The number of thiophene rings is 1. The van der Waals surface area contributed by atoms with E-state index in [1.54, 1.807) is 11.3 Å². The van der Waals surface area contributed by atoms with Crippen molar-refractivity contribution in [3.63, 3.8) is 0 Å². The molecule has 0 aliphatic heterocycles. The lowest BCUT2D eigenvalue weighted by Crippen LogP contribution is -2.22. The minimum Gasteiger partial charge on any atom is -0.310 e. The third kappa shape index (κ3) is 3.88. The summed E-state index contributed by atoms with van der Waals surface area (Å²) in [7, 11) is 0. The van der Waals surface area contributed by atoms with Crippen LogP contribution in [0.2, 0.25) is 0 Å². The van der Waals surface area contributed by atoms with Crippen LogP contribution in [0.4, 0.5) is 0 Å². The summed E-state index contributed by atoms with van der Waals surface area (Å²) in [5, 5.41) is 6.74. The fourth-order valence-corrected chi connectivity index (χ4v) is 4.43. The van der Waals surface area contributed by atoms with E-state index in [0.717, 1.165) is 16.0 Å². The number of nitrogens with zero attached hydrogens (tertiary/aromatic N) is 1. The number of thiazole rings is 1. The van der Waals surface area contributed by atoms with Gasteiger partial charge < -0.3 is 5.32 Å². The summed E-state index contributed by atoms with van der Waals surface area (Å²) >= 11 is 7.06. The molecule has 5 heteroatoms. The molecule has 2 heterocycles. The molecule has 0 saturated heterocycles. The van der Waals surface area contributed by atoms with Crippen molar-refractivity contribution in [3.8, 4) is 9.88 Å². The second kappa shape index (κ2) is 6.48. The third-order valence-corrected chi connectivity index (χ3v) is 5.65. The van der Waals surface area contributed by atoms with Gasteiger partial charge in [-0.1, -0.05) is 27.7 Å². The Kier molecular flexibility index (Phi) is 5.17. The van der Waals surface area contributed by atoms with Crippen LogP contribution in [0.15, 0.2) is 15.9 Å². The van der Waals surface area contributed by atoms with E-state index in [1.165, 1.54) is 15.4 Å². The van der Waals surface area contributed by atoms with Crippen molar-refractivity contribution in [2.75, 3.05) is 0 Å². The zero-order valence-electron chi connectivity index (χ0n) is 11.7. The molecule has 0 fully saturated rings. The maximum absolute atomic E-state index is 4.84. The van der Waals surface area contributed by atoms with Gasteiger partial charge in [-0.25, -0.2) is 4.98 Å². The monoisotopic (exact) mass is 358 g/mol. The Morgan fingerprint density at radius 3 is 2.58 bits per heavy atom. The van der Waals surface area contributed by atoms with Crippen LogP contribution in [-0.4, -0.2) is 11.0 Å². The lowest BCUT2D eigenvalue weighted by Gasteiger charge is -2.09. The molecule has 2 rings (SSSR count). The topological polar surface area (TPSA) is 24.9 Å². The summed E-state index contributed by atoms with van der Waals surface area (Å²) < 4.78 is 1.13. The maximum atomic E-state index is 4.84. The molecule has 0 bridgehead atoms. The van der Waals surface area contributed by atoms with Crippen LogP contribution < -0.4 is 5.32 Å². The van der Waals surface area contributed by atoms with E-state index in [0.29, 0.717) is 12.0 Å². The van der Waals surface area contributed by atoms with Crippen molar-refractivity contribution in [3.05, 3.63) is 26.5 Å². The van der Waals surface area contributed by atoms with E-state index in [4.69, 9.17) is 4.98 Å². The Morgan fingerprint density at radius 2 is 2.05 bits per heavy atom. The fourth-order valence-electron chi connectivity index (χ4n) is 1.77. The molecule has 19 heavy (non-hydrogen) atoms. The van der Waals surface area contributed by atoms with Crippen molar-refractivity contribution in [1.29, 1.82) is 0 Å². The lowest BCUT2D eigenvalue weighted by atomic mass is 10.1. The van der Waals surface area contributed by atoms with Gasteiger partial charge in [-0.2, -0.15) is 0 Å². The first kappa shape index (κ1) is 15.2. The van der Waals surface area contributed by atoms with Gasteiger partial charge >= 0.3 is 0 Å². The van der Waals surface area contributed by atoms with Gasteiger partial charge in [0, 0.05) is 27.3 Å². The predicted octanol–water partition coefficient (Wildman–Crippen LogP) is 5.26. The fraction of sp³-hybridized carbons (Fsp3) is 0.500. The molecule has 2 aromatic rings. The zero-order valence-corrected chi connectivity index (χ0v) is 14.9. The second-order valence-electron chi connectivity index (χ2n) is 5.15. The van der Waals surface area contributed by atoms with E-state index in [-0.39, 0.29) is 0 Å². The van der Waals surface area contributed by atoms with Gasteiger partial charge in [-0.05, 0) is 27.9 Å². The van der Waals surface area contributed by atoms with Gasteiger partial charge in [0.05, 0.1) is 10.6 Å². The molecule has 0 atom stereocenters. The SMILES string of the molecule is CC(C)NCc1sc(-c2cc(Br)cs2)nc1C(C)C. The molecular weight excluding hydrogens is 340 g/mol. The largest absolute Gasteiger partial charge is 0.310 e. The number of hydrogen-bond acceptors (Lipinski definition) is 4. The maximum Gasteiger partial charge on any atom is 0.133 e. The average molecular weight is 359 g/mol. The molecule has 104 valence electrons. The molecule has 0 unspecified atom stereocenters. The van der Waals surface area contributed by atoms with Crippen LogP contribution >= 0.6 is 38.6 Å². The molecule has 0 aliphatic rings. The highest BCUT2D eigenvalue weighted by molar-refractivity contribution is 9.10. The Bertz CT molecular complexity index is 543. The number of rotatable bonds is 5. The highest BCUT2D eigenvalue weighted by atomic mass is 79.9. The molecule has 0 radical (unpaired) electrons. The summed E-state index contributed by atoms with van der Waals surface area (Å²) in [6.07, 6.45) is 0. The van der Waals surface area contributed by atoms with Crippen molar-refractivity contribution in [2.45, 2.75) is 46.2 Å². The normalized spacial score (nSPS) is 11.7. The molecule has 0 aromatic carbocycles. The number of halogens is 1. The molecule has 0 aliphatic carbocycles. The van der Waals surface area contributed by atoms with E-state index in [1.807, 2.05) is 11.3 Å². The predicted molar refractivity (Wildman–Crippen MR) is 89.2 cm³/mol. The van der Waals surface area contributed by atoms with Crippen LogP contribution in [0.5, 0.6) is 0 Å². The summed E-state index contributed by atoms with van der Waals surface area (Å²) in [6.45, 7) is 9.68. The smallest absolute Gasteiger partial charge is 0.133 e. The van der Waals surface area contributed by atoms with Crippen molar-refractivity contribution >= 4 is 38.6 Å². The van der Waals surface area contributed by atoms with Crippen LogP contribution in [0.25, 0.3) is 9.88 Å². The van der Waals surface area contributed by atoms with Crippen molar-refractivity contribution < 1.29 is 0 Å². The van der Waals surface area contributed by atoms with Gasteiger partial charge in [0.2, 0.25) is 0 Å². The molecular formula is C14H19BrN2S2. The quantitative estimate of drug-likeness (QED) is 0.788. The Morgan fingerprint density at radius 1 is 1.32 bits per heavy atom. The highest BCUT2D eigenvalue weighted by Gasteiger charge is 2.16. The molecule has 0 amide bonds. The molecule has 0 saturated carbocycles. The van der Waals surface area contributed by atoms with Gasteiger partial charge in [-0.3, -0.25) is 0 Å². The summed E-state index contributed by atoms with van der Waals surface area (Å²) in [5.74, 6) is 0.470. The minimum absolute atomic E-state index is 0.470. The number of aromatic nitrogens is 1. The highest BCUT2D eigenvalue weighted by Crippen LogP contribution is 2.36. The zero-order chi connectivity index (χ0) is 14.0. The van der Waals surface area contributed by atoms with Gasteiger partial charge in [0.1, 0.15) is 5.01 Å². The third-order valence-electron chi connectivity index (χ3n) is 2.72. The van der Waals surface area contributed by atoms with Gasteiger partial charge in [0.15, 0.2) is 0 Å². The Hall–Kier alpha value is -0.230. The standard InChI is InChI=1S/C14H19BrN2S2/c1-8(2)13-12(6-16-9(3)4)19-14(17-13)11-5-10(15)7-18-11/h5,7-9,16H,6H2,1-4H3.